The molecule has 12 heavy (non-hydrogen) atoms. The van der Waals surface area contributed by atoms with Crippen molar-refractivity contribution in [1.82, 2.24) is 0 Å². The molecule has 68 valence electrons. The first-order valence-electron chi connectivity index (χ1n) is 3.77. The third-order valence-electron chi connectivity index (χ3n) is 1.58. The number of ketones is 1. The van der Waals surface area contributed by atoms with Crippen LogP contribution in [0, 0.1) is 0 Å². The molecule has 0 aromatic heterocycles. The van der Waals surface area contributed by atoms with Crippen molar-refractivity contribution in [1.29, 1.82) is 0 Å². The van der Waals surface area contributed by atoms with Crippen molar-refractivity contribution in [2.45, 2.75) is 38.8 Å². The van der Waals surface area contributed by atoms with Gasteiger partial charge in [0.15, 0.2) is 8.38 Å². The number of hydrogen-bond donors (Lipinski definition) is 2. The van der Waals surface area contributed by atoms with Crippen molar-refractivity contribution in [3.63, 3.8) is 0 Å². The van der Waals surface area contributed by atoms with Crippen LogP contribution in [0.5, 0.6) is 0 Å². The number of Topliss-reactive ketones (excluding diaryl/α,β-unsaturated/α-hetero) is 1. The molecule has 0 saturated carbocycles. The maximum absolute atomic E-state index is 10.8. The van der Waals surface area contributed by atoms with Gasteiger partial charge in [-0.05, 0) is 13.3 Å². The van der Waals surface area contributed by atoms with E-state index in [1.165, 1.54) is 6.92 Å². The fourth-order valence-corrected chi connectivity index (χ4v) is 1.62. The molecule has 0 radical (unpaired) electrons. The Bertz CT molecular complexity index is 130. The molecule has 0 saturated heterocycles. The van der Waals surface area contributed by atoms with Gasteiger partial charge in [-0.2, -0.15) is 0 Å². The van der Waals surface area contributed by atoms with Gasteiger partial charge in [-0.1, -0.05) is 19.8 Å². The van der Waals surface area contributed by atoms with E-state index in [9.17, 15) is 4.79 Å². The number of rotatable bonds is 5. The van der Waals surface area contributed by atoms with E-state index in [2.05, 4.69) is 0 Å². The number of unbranched alkanes of at least 4 members (excludes halogenated alkanes) is 1. The van der Waals surface area contributed by atoms with Crippen LogP contribution in [0.25, 0.3) is 0 Å². The van der Waals surface area contributed by atoms with Crippen LogP contribution in [0.2, 0.25) is 0 Å². The average Bonchev–Trinajstić information content (AvgIpc) is 1.87. The molecule has 0 heterocycles. The molecule has 0 fully saturated rings. The van der Waals surface area contributed by atoms with Gasteiger partial charge < -0.3 is 9.79 Å². The van der Waals surface area contributed by atoms with Gasteiger partial charge in [-0.15, -0.1) is 0 Å². The summed E-state index contributed by atoms with van der Waals surface area (Å²) < 4.78 is 0. The molecule has 5 heteroatoms. The van der Waals surface area contributed by atoms with Gasteiger partial charge in [0.25, 0.3) is 0 Å². The van der Waals surface area contributed by atoms with E-state index in [4.69, 9.17) is 9.79 Å². The Kier molecular flexibility index (Phi) is 11.1. The summed E-state index contributed by atoms with van der Waals surface area (Å²) in [6, 6.07) is 0. The van der Waals surface area contributed by atoms with Crippen LogP contribution in [0.3, 0.4) is 0 Å². The van der Waals surface area contributed by atoms with E-state index >= 15 is 0 Å². The first kappa shape index (κ1) is 15.5. The van der Waals surface area contributed by atoms with E-state index in [0.717, 1.165) is 12.8 Å². The number of carbonyl (C=O) groups is 1. The first-order valence-corrected chi connectivity index (χ1v) is 5.08. The van der Waals surface area contributed by atoms with Crippen LogP contribution in [-0.2, 0) is 4.79 Å². The predicted octanol–water partition coefficient (Wildman–Crippen LogP) is 0.782. The minimum absolute atomic E-state index is 0. The van der Waals surface area contributed by atoms with Crippen molar-refractivity contribution in [2.24, 2.45) is 0 Å². The molecule has 2 N–H and O–H groups in total. The Morgan fingerprint density at radius 3 is 2.25 bits per heavy atom. The normalized spacial score (nSPS) is 12.4. The van der Waals surface area contributed by atoms with Crippen LogP contribution in [-0.4, -0.2) is 50.8 Å². The quantitative estimate of drug-likeness (QED) is 0.511. The third-order valence-corrected chi connectivity index (χ3v) is 2.76. The fraction of sp³-hybridized carbons (Fsp3) is 0.857. The molecule has 1 atom stereocenters. The minimum atomic E-state index is -2.06. The van der Waals surface area contributed by atoms with E-state index in [-0.39, 0.29) is 35.3 Å². The van der Waals surface area contributed by atoms with Crippen LogP contribution in [0.4, 0.5) is 0 Å². The van der Waals surface area contributed by atoms with Gasteiger partial charge >= 0.3 is 29.6 Å². The molecule has 0 bridgehead atoms. The van der Waals surface area contributed by atoms with Crippen LogP contribution in [0.15, 0.2) is 0 Å². The summed E-state index contributed by atoms with van der Waals surface area (Å²) in [6.45, 7) is 3.41. The summed E-state index contributed by atoms with van der Waals surface area (Å²) in [5, 5.41) is 0. The molecular formula is C7H16NaO3P. The van der Waals surface area contributed by atoms with E-state index in [1.807, 2.05) is 6.92 Å². The maximum atomic E-state index is 10.8. The molecule has 0 rings (SSSR count). The van der Waals surface area contributed by atoms with Crippen molar-refractivity contribution in [3.8, 4) is 0 Å². The zero-order chi connectivity index (χ0) is 8.85. The predicted molar refractivity (Wildman–Crippen MR) is 52.5 cm³/mol. The number of carbonyl (C=O) groups excluding carboxylic acids is 1. The fourth-order valence-electron chi connectivity index (χ4n) is 0.879. The molecule has 0 amide bonds. The molecule has 0 spiro atoms. The van der Waals surface area contributed by atoms with E-state index in [1.54, 1.807) is 0 Å². The van der Waals surface area contributed by atoms with Gasteiger partial charge in [0, 0.05) is 0 Å². The SMILES string of the molecule is CCCCC(C(C)=O)P(O)O.[NaH]. The van der Waals surface area contributed by atoms with Gasteiger partial charge in [0.2, 0.25) is 0 Å². The molecule has 0 aliphatic carbocycles. The summed E-state index contributed by atoms with van der Waals surface area (Å²) in [7, 11) is -2.06. The standard InChI is InChI=1S/C7H15O3P.Na.H/c1-3-4-5-7(6(2)8)11(9)10;;/h7,9-10H,3-5H2,1-2H3;;. The summed E-state index contributed by atoms with van der Waals surface area (Å²) in [6.07, 6.45) is 2.46. The second kappa shape index (κ2) is 8.61. The summed E-state index contributed by atoms with van der Waals surface area (Å²) in [5.74, 6) is -0.116. The molecule has 0 aromatic rings. The van der Waals surface area contributed by atoms with Crippen molar-refractivity contribution < 1.29 is 14.6 Å². The van der Waals surface area contributed by atoms with E-state index < -0.39 is 14.0 Å². The van der Waals surface area contributed by atoms with Crippen LogP contribution < -0.4 is 0 Å². The Labute approximate surface area is 96.8 Å². The monoisotopic (exact) mass is 202 g/mol. The zero-order valence-corrected chi connectivity index (χ0v) is 7.84. The molecule has 3 nitrogen and oxygen atoms in total. The average molecular weight is 202 g/mol. The second-order valence-electron chi connectivity index (χ2n) is 2.59. The topological polar surface area (TPSA) is 57.5 Å². The van der Waals surface area contributed by atoms with Crippen molar-refractivity contribution in [2.75, 3.05) is 0 Å². The molecule has 0 aromatic carbocycles. The van der Waals surface area contributed by atoms with Gasteiger partial charge in [0.1, 0.15) is 5.78 Å². The van der Waals surface area contributed by atoms with Gasteiger partial charge in [-0.25, -0.2) is 0 Å². The van der Waals surface area contributed by atoms with Crippen LogP contribution >= 0.6 is 8.38 Å². The Morgan fingerprint density at radius 1 is 1.50 bits per heavy atom. The van der Waals surface area contributed by atoms with Crippen LogP contribution in [0.1, 0.15) is 33.1 Å². The summed E-state index contributed by atoms with van der Waals surface area (Å²) >= 11 is 0. The second-order valence-corrected chi connectivity index (χ2v) is 3.85. The van der Waals surface area contributed by atoms with Crippen molar-refractivity contribution in [3.05, 3.63) is 0 Å². The van der Waals surface area contributed by atoms with Gasteiger partial charge in [0.05, 0.1) is 5.66 Å². The Hall–Kier alpha value is 1.02. The molecule has 0 aliphatic rings. The summed E-state index contributed by atoms with van der Waals surface area (Å²) in [5.41, 5.74) is -0.523. The summed E-state index contributed by atoms with van der Waals surface area (Å²) in [4.78, 5) is 28.4. The first-order chi connectivity index (χ1) is 5.09. The Morgan fingerprint density at radius 2 is 2.00 bits per heavy atom. The van der Waals surface area contributed by atoms with Crippen molar-refractivity contribution >= 4 is 43.7 Å². The van der Waals surface area contributed by atoms with E-state index in [0.29, 0.717) is 6.42 Å². The molecular weight excluding hydrogens is 186 g/mol. The Balaban J connectivity index is 0. The van der Waals surface area contributed by atoms with Gasteiger partial charge in [-0.3, -0.25) is 4.79 Å². The zero-order valence-electron chi connectivity index (χ0n) is 6.95. The number of hydrogen-bond acceptors (Lipinski definition) is 3. The molecule has 1 unspecified atom stereocenters. The molecule has 0 aliphatic heterocycles. The third kappa shape index (κ3) is 6.53.